The molecule has 2 N–H and O–H groups in total. The molecule has 2 aromatic rings. The van der Waals surface area contributed by atoms with Gasteiger partial charge in [0, 0.05) is 39.5 Å². The number of methoxy groups -OCH3 is 2. The van der Waals surface area contributed by atoms with Gasteiger partial charge < -0.3 is 20.1 Å². The summed E-state index contributed by atoms with van der Waals surface area (Å²) in [6, 6.07) is 10.8. The highest BCUT2D eigenvalue weighted by molar-refractivity contribution is 6.32. The Hall–Kier alpha value is -2.35. The average molecular weight is 419 g/mol. The van der Waals surface area contributed by atoms with Crippen molar-refractivity contribution in [2.75, 3.05) is 45.7 Å². The zero-order chi connectivity index (χ0) is 20.6. The zero-order valence-electron chi connectivity index (χ0n) is 16.7. The van der Waals surface area contributed by atoms with E-state index in [9.17, 15) is 4.79 Å². The Labute approximate surface area is 176 Å². The molecule has 2 unspecified atom stereocenters. The maximum atomic E-state index is 12.7. The molecule has 29 heavy (non-hydrogen) atoms. The number of carbonyl (C=O) groups is 1. The largest absolute Gasteiger partial charge is 0.496 e. The van der Waals surface area contributed by atoms with E-state index in [1.165, 1.54) is 0 Å². The standard InChI is InChI=1S/C21H27ClN4O3/c1-28-18-8-4-3-6-15(18)21(27)25-17-9-12-26(14-19(17)29-2)13-11-24-20-16(22)7-5-10-23-20/h3-8,10,17,19H,9,11-14H2,1-2H3,(H,23,24)(H,25,27). The number of rotatable bonds is 8. The van der Waals surface area contributed by atoms with Crippen molar-refractivity contribution in [3.8, 4) is 5.75 Å². The molecule has 1 aromatic carbocycles. The lowest BCUT2D eigenvalue weighted by molar-refractivity contribution is 0.00762. The minimum Gasteiger partial charge on any atom is -0.496 e. The van der Waals surface area contributed by atoms with Crippen LogP contribution in [0.4, 0.5) is 5.82 Å². The summed E-state index contributed by atoms with van der Waals surface area (Å²) in [5.41, 5.74) is 0.531. The van der Waals surface area contributed by atoms with Gasteiger partial charge in [-0.2, -0.15) is 0 Å². The van der Waals surface area contributed by atoms with Crippen LogP contribution in [0, 0.1) is 0 Å². The van der Waals surface area contributed by atoms with Crippen LogP contribution in [0.5, 0.6) is 5.75 Å². The number of ether oxygens (including phenoxy) is 2. The summed E-state index contributed by atoms with van der Waals surface area (Å²) < 4.78 is 11.0. The van der Waals surface area contributed by atoms with Gasteiger partial charge in [0.15, 0.2) is 0 Å². The van der Waals surface area contributed by atoms with Crippen LogP contribution in [0.2, 0.25) is 5.02 Å². The molecule has 1 aromatic heterocycles. The normalized spacial score (nSPS) is 19.6. The summed E-state index contributed by atoms with van der Waals surface area (Å²) in [5.74, 6) is 1.11. The Balaban J connectivity index is 1.51. The number of benzene rings is 1. The molecule has 3 rings (SSSR count). The van der Waals surface area contributed by atoms with E-state index in [0.717, 1.165) is 32.6 Å². The maximum Gasteiger partial charge on any atom is 0.255 e. The van der Waals surface area contributed by atoms with Gasteiger partial charge in [-0.05, 0) is 30.7 Å². The molecule has 1 saturated heterocycles. The van der Waals surface area contributed by atoms with Gasteiger partial charge in [0.25, 0.3) is 5.91 Å². The lowest BCUT2D eigenvalue weighted by atomic mass is 10.0. The number of nitrogens with one attached hydrogen (secondary N) is 2. The third-order valence-corrected chi connectivity index (χ3v) is 5.40. The number of aromatic nitrogens is 1. The molecule has 0 bridgehead atoms. The van der Waals surface area contributed by atoms with Crippen LogP contribution in [0.25, 0.3) is 0 Å². The van der Waals surface area contributed by atoms with Crippen molar-refractivity contribution in [1.82, 2.24) is 15.2 Å². The van der Waals surface area contributed by atoms with E-state index in [1.807, 2.05) is 18.2 Å². The van der Waals surface area contributed by atoms with Crippen molar-refractivity contribution in [2.24, 2.45) is 0 Å². The second kappa shape index (κ2) is 10.4. The number of carbonyl (C=O) groups excluding carboxylic acids is 1. The molecule has 1 amide bonds. The SMILES string of the molecule is COc1ccccc1C(=O)NC1CCN(CCNc2ncccc2Cl)CC1OC. The first-order chi connectivity index (χ1) is 14.1. The fourth-order valence-corrected chi connectivity index (χ4v) is 3.70. The molecular formula is C21H27ClN4O3. The molecule has 1 aliphatic heterocycles. The zero-order valence-corrected chi connectivity index (χ0v) is 17.5. The number of hydrogen-bond acceptors (Lipinski definition) is 6. The van der Waals surface area contributed by atoms with Crippen LogP contribution in [-0.2, 0) is 4.74 Å². The van der Waals surface area contributed by atoms with E-state index >= 15 is 0 Å². The monoisotopic (exact) mass is 418 g/mol. The number of para-hydroxylation sites is 1. The number of halogens is 1. The second-order valence-corrected chi connectivity index (χ2v) is 7.31. The van der Waals surface area contributed by atoms with Gasteiger partial charge in [-0.25, -0.2) is 4.98 Å². The topological polar surface area (TPSA) is 75.7 Å². The van der Waals surface area contributed by atoms with Crippen LogP contribution in [-0.4, -0.2) is 68.3 Å². The fraction of sp³-hybridized carbons (Fsp3) is 0.429. The highest BCUT2D eigenvalue weighted by atomic mass is 35.5. The third-order valence-electron chi connectivity index (χ3n) is 5.09. The number of anilines is 1. The van der Waals surface area contributed by atoms with E-state index in [2.05, 4.69) is 20.5 Å². The van der Waals surface area contributed by atoms with Crippen LogP contribution in [0.3, 0.4) is 0 Å². The van der Waals surface area contributed by atoms with Gasteiger partial charge in [-0.3, -0.25) is 9.69 Å². The summed E-state index contributed by atoms with van der Waals surface area (Å²) >= 11 is 6.12. The van der Waals surface area contributed by atoms with Crippen molar-refractivity contribution in [2.45, 2.75) is 18.6 Å². The van der Waals surface area contributed by atoms with E-state index in [0.29, 0.717) is 22.2 Å². The maximum absolute atomic E-state index is 12.7. The van der Waals surface area contributed by atoms with Crippen LogP contribution in [0.15, 0.2) is 42.6 Å². The summed E-state index contributed by atoms with van der Waals surface area (Å²) in [6.45, 7) is 3.17. The summed E-state index contributed by atoms with van der Waals surface area (Å²) in [7, 11) is 3.25. The Morgan fingerprint density at radius 2 is 2.10 bits per heavy atom. The molecule has 0 spiro atoms. The smallest absolute Gasteiger partial charge is 0.255 e. The average Bonchev–Trinajstić information content (AvgIpc) is 2.75. The third kappa shape index (κ3) is 5.59. The van der Waals surface area contributed by atoms with Crippen molar-refractivity contribution in [3.63, 3.8) is 0 Å². The van der Waals surface area contributed by atoms with E-state index < -0.39 is 0 Å². The van der Waals surface area contributed by atoms with Crippen LogP contribution >= 0.6 is 11.6 Å². The molecule has 0 aliphatic carbocycles. The number of pyridine rings is 1. The van der Waals surface area contributed by atoms with E-state index in [-0.39, 0.29) is 18.1 Å². The van der Waals surface area contributed by atoms with Gasteiger partial charge in [0.2, 0.25) is 0 Å². The van der Waals surface area contributed by atoms with E-state index in [4.69, 9.17) is 21.1 Å². The predicted molar refractivity (Wildman–Crippen MR) is 114 cm³/mol. The fourth-order valence-electron chi connectivity index (χ4n) is 3.51. The van der Waals surface area contributed by atoms with Crippen LogP contribution < -0.4 is 15.4 Å². The molecule has 2 atom stereocenters. The predicted octanol–water partition coefficient (Wildman–Crippen LogP) is 2.67. The van der Waals surface area contributed by atoms with Gasteiger partial charge in [-0.1, -0.05) is 23.7 Å². The van der Waals surface area contributed by atoms with Gasteiger partial charge in [0.05, 0.1) is 29.8 Å². The molecule has 1 fully saturated rings. The number of likely N-dealkylation sites (tertiary alicyclic amines) is 1. The summed E-state index contributed by atoms with van der Waals surface area (Å²) in [4.78, 5) is 19.3. The molecule has 0 saturated carbocycles. The van der Waals surface area contributed by atoms with Gasteiger partial charge in [0.1, 0.15) is 11.6 Å². The first-order valence-corrected chi connectivity index (χ1v) is 10.0. The van der Waals surface area contributed by atoms with Crippen molar-refractivity contribution in [3.05, 3.63) is 53.2 Å². The minimum absolute atomic E-state index is 0.0492. The highest BCUT2D eigenvalue weighted by Gasteiger charge is 2.30. The van der Waals surface area contributed by atoms with E-state index in [1.54, 1.807) is 38.6 Å². The Bertz CT molecular complexity index is 820. The molecule has 2 heterocycles. The summed E-state index contributed by atoms with van der Waals surface area (Å²) in [6.07, 6.45) is 2.44. The van der Waals surface area contributed by atoms with Crippen molar-refractivity contribution < 1.29 is 14.3 Å². The molecule has 7 nitrogen and oxygen atoms in total. The Morgan fingerprint density at radius 1 is 1.28 bits per heavy atom. The van der Waals surface area contributed by atoms with Gasteiger partial charge in [-0.15, -0.1) is 0 Å². The molecule has 1 aliphatic rings. The number of nitrogens with zero attached hydrogens (tertiary/aromatic N) is 2. The first kappa shape index (κ1) is 21.4. The molecule has 156 valence electrons. The Morgan fingerprint density at radius 3 is 2.86 bits per heavy atom. The number of piperidine rings is 1. The number of hydrogen-bond donors (Lipinski definition) is 2. The van der Waals surface area contributed by atoms with Crippen LogP contribution in [0.1, 0.15) is 16.8 Å². The number of amides is 1. The lowest BCUT2D eigenvalue weighted by Gasteiger charge is -2.38. The van der Waals surface area contributed by atoms with Crippen molar-refractivity contribution >= 4 is 23.3 Å². The minimum atomic E-state index is -0.144. The lowest BCUT2D eigenvalue weighted by Crippen LogP contribution is -2.55. The summed E-state index contributed by atoms with van der Waals surface area (Å²) in [5, 5.41) is 6.98. The molecule has 8 heteroatoms. The first-order valence-electron chi connectivity index (χ1n) is 9.65. The highest BCUT2D eigenvalue weighted by Crippen LogP contribution is 2.20. The quantitative estimate of drug-likeness (QED) is 0.686. The molecular weight excluding hydrogens is 392 g/mol. The second-order valence-electron chi connectivity index (χ2n) is 6.90. The van der Waals surface area contributed by atoms with Crippen molar-refractivity contribution in [1.29, 1.82) is 0 Å². The molecule has 0 radical (unpaired) electrons. The van der Waals surface area contributed by atoms with Gasteiger partial charge >= 0.3 is 0 Å². The Kier molecular flexibility index (Phi) is 7.69.